The molecule has 2 atom stereocenters. The van der Waals surface area contributed by atoms with Crippen molar-refractivity contribution in [2.45, 2.75) is 63.3 Å². The molecular weight excluding hydrogens is 378 g/mol. The van der Waals surface area contributed by atoms with Crippen molar-refractivity contribution in [1.29, 1.82) is 0 Å². The molecule has 1 amide bonds. The van der Waals surface area contributed by atoms with E-state index in [4.69, 9.17) is 9.47 Å². The van der Waals surface area contributed by atoms with Crippen molar-refractivity contribution in [2.75, 3.05) is 13.2 Å². The fourth-order valence-corrected chi connectivity index (χ4v) is 4.58. The molecule has 2 unspecified atom stereocenters. The van der Waals surface area contributed by atoms with Crippen LogP contribution in [0.15, 0.2) is 54.6 Å². The summed E-state index contributed by atoms with van der Waals surface area (Å²) in [6, 6.07) is 17.5. The molecule has 30 heavy (non-hydrogen) atoms. The Labute approximate surface area is 178 Å². The number of morpholine rings is 1. The summed E-state index contributed by atoms with van der Waals surface area (Å²) in [6.07, 6.45) is 0.555. The van der Waals surface area contributed by atoms with Crippen LogP contribution in [-0.2, 0) is 27.1 Å². The highest BCUT2D eigenvalue weighted by atomic mass is 16.6. The van der Waals surface area contributed by atoms with Crippen molar-refractivity contribution < 1.29 is 19.4 Å². The van der Waals surface area contributed by atoms with Crippen LogP contribution in [-0.4, -0.2) is 41.4 Å². The molecule has 2 bridgehead atoms. The van der Waals surface area contributed by atoms with Crippen LogP contribution in [0.5, 0.6) is 0 Å². The summed E-state index contributed by atoms with van der Waals surface area (Å²) < 4.78 is 11.3. The van der Waals surface area contributed by atoms with Crippen LogP contribution in [0.3, 0.4) is 0 Å². The smallest absolute Gasteiger partial charge is 0.410 e. The minimum Gasteiger partial charge on any atom is -0.445 e. The molecule has 160 valence electrons. The largest absolute Gasteiger partial charge is 0.445 e. The number of benzene rings is 2. The van der Waals surface area contributed by atoms with E-state index in [0.29, 0.717) is 26.1 Å². The maximum absolute atomic E-state index is 12.9. The number of piperidine rings is 1. The average Bonchev–Trinajstić information content (AvgIpc) is 2.71. The second kappa shape index (κ2) is 8.05. The normalized spacial score (nSPS) is 26.3. The first kappa shape index (κ1) is 20.9. The minimum absolute atomic E-state index is 0.0668. The van der Waals surface area contributed by atoms with Crippen molar-refractivity contribution in [2.24, 2.45) is 0 Å². The Balaban J connectivity index is 1.48. The summed E-state index contributed by atoms with van der Waals surface area (Å²) in [4.78, 5) is 14.6. The van der Waals surface area contributed by atoms with E-state index in [1.807, 2.05) is 42.5 Å². The molecule has 5 heteroatoms. The molecule has 2 aromatic rings. The number of hydrogen-bond donors (Lipinski definition) is 1. The van der Waals surface area contributed by atoms with E-state index >= 15 is 0 Å². The standard InChI is InChI=1S/C25H31NO4/c1-24(2,3)19-9-11-20(12-10-19)25(28)13-21-16-29-17-22(14-25)26(21)23(27)30-15-18-7-5-4-6-8-18/h4-12,21-22,28H,13-17H2,1-3H3. The third kappa shape index (κ3) is 4.23. The van der Waals surface area contributed by atoms with Crippen LogP contribution < -0.4 is 0 Å². The molecule has 5 nitrogen and oxygen atoms in total. The quantitative estimate of drug-likeness (QED) is 0.818. The summed E-state index contributed by atoms with van der Waals surface area (Å²) >= 11 is 0. The topological polar surface area (TPSA) is 59.0 Å². The monoisotopic (exact) mass is 409 g/mol. The zero-order valence-electron chi connectivity index (χ0n) is 18.0. The van der Waals surface area contributed by atoms with Gasteiger partial charge in [-0.1, -0.05) is 75.4 Å². The maximum Gasteiger partial charge on any atom is 0.410 e. The SMILES string of the molecule is CC(C)(C)c1ccc(C2(O)CC3COCC(C2)N3C(=O)OCc2ccccc2)cc1. The summed E-state index contributed by atoms with van der Waals surface area (Å²) in [5.74, 6) is 0. The second-order valence-electron chi connectivity index (χ2n) is 9.56. The third-order valence-electron chi connectivity index (χ3n) is 6.26. The van der Waals surface area contributed by atoms with Crippen LogP contribution >= 0.6 is 0 Å². The number of aliphatic hydroxyl groups is 1. The zero-order chi connectivity index (χ0) is 21.4. The van der Waals surface area contributed by atoms with Crippen molar-refractivity contribution in [1.82, 2.24) is 4.90 Å². The van der Waals surface area contributed by atoms with Crippen LogP contribution in [0.4, 0.5) is 4.79 Å². The van der Waals surface area contributed by atoms with Crippen LogP contribution in [0, 0.1) is 0 Å². The summed E-state index contributed by atoms with van der Waals surface area (Å²) in [5, 5.41) is 11.5. The van der Waals surface area contributed by atoms with Crippen molar-refractivity contribution in [3.05, 3.63) is 71.3 Å². The van der Waals surface area contributed by atoms with Gasteiger partial charge in [-0.3, -0.25) is 4.90 Å². The van der Waals surface area contributed by atoms with Gasteiger partial charge in [0.05, 0.1) is 30.9 Å². The molecule has 4 rings (SSSR count). The minimum atomic E-state index is -0.967. The van der Waals surface area contributed by atoms with Crippen molar-refractivity contribution in [3.63, 3.8) is 0 Å². The van der Waals surface area contributed by atoms with Gasteiger partial charge in [0.25, 0.3) is 0 Å². The Kier molecular flexibility index (Phi) is 5.60. The first-order chi connectivity index (χ1) is 14.3. The molecule has 1 N–H and O–H groups in total. The Bertz CT molecular complexity index is 858. The highest BCUT2D eigenvalue weighted by Crippen LogP contribution is 2.41. The number of fused-ring (bicyclic) bond motifs is 2. The highest BCUT2D eigenvalue weighted by molar-refractivity contribution is 5.69. The van der Waals surface area contributed by atoms with Gasteiger partial charge in [0.15, 0.2) is 0 Å². The number of ether oxygens (including phenoxy) is 2. The van der Waals surface area contributed by atoms with Crippen LogP contribution in [0.2, 0.25) is 0 Å². The van der Waals surface area contributed by atoms with Gasteiger partial charge in [0, 0.05) is 12.8 Å². The maximum atomic E-state index is 12.9. The lowest BCUT2D eigenvalue weighted by Crippen LogP contribution is -2.62. The van der Waals surface area contributed by atoms with E-state index in [9.17, 15) is 9.90 Å². The lowest BCUT2D eigenvalue weighted by atomic mass is 9.76. The Hall–Kier alpha value is -2.37. The lowest BCUT2D eigenvalue weighted by Gasteiger charge is -2.51. The average molecular weight is 410 g/mol. The second-order valence-corrected chi connectivity index (χ2v) is 9.56. The molecule has 2 aromatic carbocycles. The number of carbonyl (C=O) groups excluding carboxylic acids is 1. The van der Waals surface area contributed by atoms with E-state index in [-0.39, 0.29) is 30.2 Å². The zero-order valence-corrected chi connectivity index (χ0v) is 18.0. The molecule has 0 aliphatic carbocycles. The van der Waals surface area contributed by atoms with Gasteiger partial charge in [-0.15, -0.1) is 0 Å². The van der Waals surface area contributed by atoms with E-state index in [1.54, 1.807) is 4.90 Å². The fourth-order valence-electron chi connectivity index (χ4n) is 4.58. The van der Waals surface area contributed by atoms with Gasteiger partial charge in [0.2, 0.25) is 0 Å². The molecule has 2 fully saturated rings. The van der Waals surface area contributed by atoms with Crippen molar-refractivity contribution in [3.8, 4) is 0 Å². The van der Waals surface area contributed by atoms with Gasteiger partial charge in [-0.05, 0) is 22.1 Å². The van der Waals surface area contributed by atoms with E-state index in [1.165, 1.54) is 5.56 Å². The molecule has 2 aliphatic heterocycles. The molecular formula is C25H31NO4. The first-order valence-corrected chi connectivity index (χ1v) is 10.7. The first-order valence-electron chi connectivity index (χ1n) is 10.7. The number of amides is 1. The van der Waals surface area contributed by atoms with Crippen LogP contribution in [0.25, 0.3) is 0 Å². The third-order valence-corrected chi connectivity index (χ3v) is 6.26. The van der Waals surface area contributed by atoms with Crippen molar-refractivity contribution >= 4 is 6.09 Å². The number of nitrogens with zero attached hydrogens (tertiary/aromatic N) is 1. The molecule has 2 aliphatic rings. The van der Waals surface area contributed by atoms with E-state index in [2.05, 4.69) is 32.9 Å². The predicted octanol–water partition coefficient (Wildman–Crippen LogP) is 4.37. The van der Waals surface area contributed by atoms with E-state index < -0.39 is 5.60 Å². The van der Waals surface area contributed by atoms with Gasteiger partial charge < -0.3 is 14.6 Å². The molecule has 0 radical (unpaired) electrons. The number of rotatable bonds is 3. The molecule has 2 saturated heterocycles. The van der Waals surface area contributed by atoms with Gasteiger partial charge in [-0.2, -0.15) is 0 Å². The predicted molar refractivity (Wildman–Crippen MR) is 115 cm³/mol. The van der Waals surface area contributed by atoms with E-state index in [0.717, 1.165) is 11.1 Å². The highest BCUT2D eigenvalue weighted by Gasteiger charge is 2.49. The Morgan fingerprint density at radius 2 is 1.67 bits per heavy atom. The fraction of sp³-hybridized carbons (Fsp3) is 0.480. The van der Waals surface area contributed by atoms with Crippen LogP contribution in [0.1, 0.15) is 50.3 Å². The van der Waals surface area contributed by atoms with Gasteiger partial charge in [-0.25, -0.2) is 4.79 Å². The Morgan fingerprint density at radius 1 is 1.07 bits per heavy atom. The van der Waals surface area contributed by atoms with Gasteiger partial charge in [0.1, 0.15) is 6.61 Å². The Morgan fingerprint density at radius 3 is 2.23 bits per heavy atom. The summed E-state index contributed by atoms with van der Waals surface area (Å²) in [6.45, 7) is 7.61. The molecule has 2 heterocycles. The summed E-state index contributed by atoms with van der Waals surface area (Å²) in [7, 11) is 0. The lowest BCUT2D eigenvalue weighted by molar-refractivity contribution is -0.136. The number of hydrogen-bond acceptors (Lipinski definition) is 4. The van der Waals surface area contributed by atoms with Gasteiger partial charge >= 0.3 is 6.09 Å². The molecule has 0 aromatic heterocycles. The number of carbonyl (C=O) groups is 1. The molecule has 0 saturated carbocycles. The summed E-state index contributed by atoms with van der Waals surface area (Å²) in [5.41, 5.74) is 2.20. The molecule has 0 spiro atoms.